The van der Waals surface area contributed by atoms with E-state index in [0.717, 1.165) is 28.5 Å². The Labute approximate surface area is 179 Å². The van der Waals surface area contributed by atoms with Gasteiger partial charge >= 0.3 is 0 Å². The van der Waals surface area contributed by atoms with Gasteiger partial charge in [0.25, 0.3) is 0 Å². The standard InChI is InChI=1S/C22H19Cl2N5/c1-13-20(22-25-12-18(28-22)14-5-3-2-4-6-14)21(29-19(27-13)9-10-26-29)15-7-8-16(23)17(24)11-15/h2-11,18,21,27H,12H2,1H3,(H,25,28). The molecule has 5 rings (SSSR count). The van der Waals surface area contributed by atoms with Crippen molar-refractivity contribution in [3.63, 3.8) is 0 Å². The van der Waals surface area contributed by atoms with E-state index >= 15 is 0 Å². The van der Waals surface area contributed by atoms with E-state index in [1.165, 1.54) is 5.56 Å². The summed E-state index contributed by atoms with van der Waals surface area (Å²) < 4.78 is 1.96. The van der Waals surface area contributed by atoms with Gasteiger partial charge in [-0.25, -0.2) is 4.68 Å². The third kappa shape index (κ3) is 3.20. The Kier molecular flexibility index (Phi) is 4.57. The molecule has 3 heterocycles. The molecule has 7 heteroatoms. The van der Waals surface area contributed by atoms with Crippen molar-refractivity contribution in [2.24, 2.45) is 4.99 Å². The minimum absolute atomic E-state index is 0.153. The maximum absolute atomic E-state index is 6.34. The molecular formula is C22H19Cl2N5. The fourth-order valence-corrected chi connectivity index (χ4v) is 4.29. The van der Waals surface area contributed by atoms with Crippen LogP contribution in [-0.2, 0) is 0 Å². The van der Waals surface area contributed by atoms with Crippen LogP contribution in [0.4, 0.5) is 5.82 Å². The van der Waals surface area contributed by atoms with Crippen LogP contribution in [0.5, 0.6) is 0 Å². The fourth-order valence-electron chi connectivity index (χ4n) is 3.98. The van der Waals surface area contributed by atoms with Crippen molar-refractivity contribution in [2.75, 3.05) is 11.9 Å². The van der Waals surface area contributed by atoms with Gasteiger partial charge in [0.15, 0.2) is 0 Å². The molecule has 2 aliphatic heterocycles. The number of halogens is 2. The molecule has 0 saturated heterocycles. The van der Waals surface area contributed by atoms with Crippen LogP contribution in [0, 0.1) is 0 Å². The Balaban J connectivity index is 1.56. The van der Waals surface area contributed by atoms with Gasteiger partial charge in [-0.2, -0.15) is 5.10 Å². The molecule has 2 N–H and O–H groups in total. The number of hydrogen-bond acceptors (Lipinski definition) is 4. The van der Waals surface area contributed by atoms with Crippen LogP contribution in [0.15, 0.2) is 77.1 Å². The number of aliphatic imine (C=N–C) groups is 1. The van der Waals surface area contributed by atoms with Crippen molar-refractivity contribution in [1.82, 2.24) is 15.1 Å². The number of nitrogens with one attached hydrogen (secondary N) is 2. The van der Waals surface area contributed by atoms with E-state index in [1.54, 1.807) is 6.20 Å². The smallest absolute Gasteiger partial charge is 0.129 e. The van der Waals surface area contributed by atoms with E-state index in [9.17, 15) is 0 Å². The fraction of sp³-hybridized carbons (Fsp3) is 0.182. The summed E-state index contributed by atoms with van der Waals surface area (Å²) in [7, 11) is 0. The number of aromatic nitrogens is 2. The minimum Gasteiger partial charge on any atom is -0.361 e. The van der Waals surface area contributed by atoms with E-state index in [1.807, 2.05) is 35.0 Å². The van der Waals surface area contributed by atoms with Crippen LogP contribution in [0.2, 0.25) is 10.0 Å². The zero-order valence-electron chi connectivity index (χ0n) is 15.7. The van der Waals surface area contributed by atoms with Gasteiger partial charge in [-0.15, -0.1) is 0 Å². The molecule has 0 amide bonds. The molecule has 29 heavy (non-hydrogen) atoms. The lowest BCUT2D eigenvalue weighted by Gasteiger charge is -2.31. The van der Waals surface area contributed by atoms with E-state index < -0.39 is 0 Å². The third-order valence-electron chi connectivity index (χ3n) is 5.37. The molecular weight excluding hydrogens is 405 g/mol. The summed E-state index contributed by atoms with van der Waals surface area (Å²) in [5.41, 5.74) is 4.32. The molecule has 5 nitrogen and oxygen atoms in total. The summed E-state index contributed by atoms with van der Waals surface area (Å²) in [5.74, 6) is 1.81. The highest BCUT2D eigenvalue weighted by molar-refractivity contribution is 6.42. The van der Waals surface area contributed by atoms with Gasteiger partial charge in [0.1, 0.15) is 17.7 Å². The molecule has 0 bridgehead atoms. The van der Waals surface area contributed by atoms with Crippen molar-refractivity contribution in [3.05, 3.63) is 93.2 Å². The largest absolute Gasteiger partial charge is 0.361 e. The van der Waals surface area contributed by atoms with Crippen molar-refractivity contribution in [1.29, 1.82) is 0 Å². The highest BCUT2D eigenvalue weighted by atomic mass is 35.5. The highest BCUT2D eigenvalue weighted by Crippen LogP contribution is 2.38. The quantitative estimate of drug-likeness (QED) is 0.606. The van der Waals surface area contributed by atoms with Gasteiger partial charge in [0.05, 0.1) is 28.8 Å². The third-order valence-corrected chi connectivity index (χ3v) is 6.11. The molecule has 0 spiro atoms. The lowest BCUT2D eigenvalue weighted by molar-refractivity contribution is 0.587. The second kappa shape index (κ2) is 7.25. The van der Waals surface area contributed by atoms with E-state index in [0.29, 0.717) is 16.6 Å². The van der Waals surface area contributed by atoms with Crippen LogP contribution in [0.3, 0.4) is 0 Å². The predicted molar refractivity (Wildman–Crippen MR) is 118 cm³/mol. The average Bonchev–Trinajstić information content (AvgIpc) is 3.39. The van der Waals surface area contributed by atoms with Crippen molar-refractivity contribution < 1.29 is 0 Å². The molecule has 146 valence electrons. The number of nitrogens with zero attached hydrogens (tertiary/aromatic N) is 3. The van der Waals surface area contributed by atoms with Gasteiger partial charge < -0.3 is 10.6 Å². The summed E-state index contributed by atoms with van der Waals surface area (Å²) in [6.07, 6.45) is 1.79. The van der Waals surface area contributed by atoms with Crippen molar-refractivity contribution in [2.45, 2.75) is 19.0 Å². The number of benzene rings is 2. The molecule has 3 aromatic rings. The Bertz CT molecular complexity index is 1130. The maximum Gasteiger partial charge on any atom is 0.129 e. The lowest BCUT2D eigenvalue weighted by Crippen LogP contribution is -2.34. The lowest BCUT2D eigenvalue weighted by atomic mass is 9.94. The summed E-state index contributed by atoms with van der Waals surface area (Å²) >= 11 is 12.5. The number of amidine groups is 1. The topological polar surface area (TPSA) is 54.2 Å². The normalized spacial score (nSPS) is 20.7. The summed E-state index contributed by atoms with van der Waals surface area (Å²) in [4.78, 5) is 4.85. The SMILES string of the molecule is CC1=C(C2=NCC(c3ccccc3)N2)C(c2ccc(Cl)c(Cl)c2)n2nccc2N1. The van der Waals surface area contributed by atoms with Gasteiger partial charge in [0, 0.05) is 17.3 Å². The number of anilines is 1. The number of allylic oxidation sites excluding steroid dienone is 1. The Morgan fingerprint density at radius 1 is 1.00 bits per heavy atom. The summed E-state index contributed by atoms with van der Waals surface area (Å²) in [6, 6.07) is 18.1. The monoisotopic (exact) mass is 423 g/mol. The molecule has 0 saturated carbocycles. The van der Waals surface area contributed by atoms with Crippen LogP contribution in [0.25, 0.3) is 0 Å². The van der Waals surface area contributed by atoms with Crippen LogP contribution in [0.1, 0.15) is 30.1 Å². The second-order valence-electron chi connectivity index (χ2n) is 7.20. The first-order chi connectivity index (χ1) is 14.1. The van der Waals surface area contributed by atoms with E-state index in [-0.39, 0.29) is 12.1 Å². The molecule has 1 aromatic heterocycles. The van der Waals surface area contributed by atoms with Crippen molar-refractivity contribution >= 4 is 34.9 Å². The summed E-state index contributed by atoms with van der Waals surface area (Å²) in [6.45, 7) is 2.76. The first-order valence-corrected chi connectivity index (χ1v) is 10.2. The molecule has 0 fully saturated rings. The first-order valence-electron chi connectivity index (χ1n) is 9.44. The van der Waals surface area contributed by atoms with E-state index in [2.05, 4.69) is 46.9 Å². The Morgan fingerprint density at radius 2 is 1.83 bits per heavy atom. The van der Waals surface area contributed by atoms with Gasteiger partial charge in [-0.3, -0.25) is 4.99 Å². The highest BCUT2D eigenvalue weighted by Gasteiger charge is 2.34. The van der Waals surface area contributed by atoms with Crippen molar-refractivity contribution in [3.8, 4) is 0 Å². The van der Waals surface area contributed by atoms with Crippen LogP contribution >= 0.6 is 23.2 Å². The van der Waals surface area contributed by atoms with E-state index in [4.69, 9.17) is 28.2 Å². The number of rotatable bonds is 3. The average molecular weight is 424 g/mol. The second-order valence-corrected chi connectivity index (χ2v) is 8.01. The molecule has 2 aromatic carbocycles. The molecule has 2 atom stereocenters. The predicted octanol–water partition coefficient (Wildman–Crippen LogP) is 5.22. The maximum atomic E-state index is 6.34. The zero-order chi connectivity index (χ0) is 20.0. The Morgan fingerprint density at radius 3 is 2.62 bits per heavy atom. The summed E-state index contributed by atoms with van der Waals surface area (Å²) in [5, 5.41) is 12.7. The molecule has 2 aliphatic rings. The van der Waals surface area contributed by atoms with Gasteiger partial charge in [0.2, 0.25) is 0 Å². The van der Waals surface area contributed by atoms with Gasteiger partial charge in [-0.1, -0.05) is 59.6 Å². The zero-order valence-corrected chi connectivity index (χ0v) is 17.2. The first kappa shape index (κ1) is 18.3. The molecule has 0 aliphatic carbocycles. The number of fused-ring (bicyclic) bond motifs is 1. The van der Waals surface area contributed by atoms with Crippen LogP contribution < -0.4 is 10.6 Å². The number of hydrogen-bond donors (Lipinski definition) is 2. The van der Waals surface area contributed by atoms with Crippen LogP contribution in [-0.4, -0.2) is 22.2 Å². The minimum atomic E-state index is -0.156. The Hall–Kier alpha value is -2.76. The molecule has 0 radical (unpaired) electrons. The van der Waals surface area contributed by atoms with Gasteiger partial charge in [-0.05, 0) is 30.2 Å². The molecule has 2 unspecified atom stereocenters.